The third-order valence-electron chi connectivity index (χ3n) is 3.34. The average molecular weight is 317 g/mol. The summed E-state index contributed by atoms with van der Waals surface area (Å²) in [4.78, 5) is 23.9. The van der Waals surface area contributed by atoms with Gasteiger partial charge in [0.2, 0.25) is 11.8 Å². The quantitative estimate of drug-likeness (QED) is 0.866. The van der Waals surface area contributed by atoms with Gasteiger partial charge in [0.15, 0.2) is 0 Å². The van der Waals surface area contributed by atoms with Gasteiger partial charge < -0.3 is 15.8 Å². The van der Waals surface area contributed by atoms with Crippen molar-refractivity contribution in [3.8, 4) is 0 Å². The number of hydrogen-bond acceptors (Lipinski definition) is 4. The second-order valence-electron chi connectivity index (χ2n) is 4.84. The number of amides is 2. The van der Waals surface area contributed by atoms with Crippen LogP contribution in [0.15, 0.2) is 12.1 Å². The molecule has 1 fully saturated rings. The second-order valence-corrected chi connectivity index (χ2v) is 6.58. The van der Waals surface area contributed by atoms with Crippen LogP contribution in [0.1, 0.15) is 30.6 Å². The van der Waals surface area contributed by atoms with E-state index in [0.29, 0.717) is 17.3 Å². The predicted molar refractivity (Wildman–Crippen MR) is 77.8 cm³/mol. The fourth-order valence-electron chi connectivity index (χ4n) is 2.12. The minimum Gasteiger partial charge on any atom is -0.367 e. The number of halogens is 1. The summed E-state index contributed by atoms with van der Waals surface area (Å²) < 4.78 is 6.12. The lowest BCUT2D eigenvalue weighted by Crippen LogP contribution is -2.36. The van der Waals surface area contributed by atoms with Crippen LogP contribution >= 0.6 is 22.9 Å². The Hall–Kier alpha value is -1.11. The van der Waals surface area contributed by atoms with E-state index < -0.39 is 12.0 Å². The number of nitrogens with one attached hydrogen (secondary N) is 1. The van der Waals surface area contributed by atoms with E-state index in [9.17, 15) is 9.59 Å². The Labute approximate surface area is 126 Å². The van der Waals surface area contributed by atoms with E-state index >= 15 is 0 Å². The number of rotatable bonds is 5. The van der Waals surface area contributed by atoms with Gasteiger partial charge in [0.05, 0.1) is 16.4 Å². The molecule has 1 aliphatic rings. The van der Waals surface area contributed by atoms with Crippen LogP contribution in [0.2, 0.25) is 4.34 Å². The molecule has 20 heavy (non-hydrogen) atoms. The van der Waals surface area contributed by atoms with Crippen molar-refractivity contribution in [3.05, 3.63) is 21.3 Å². The van der Waals surface area contributed by atoms with Crippen LogP contribution in [-0.2, 0) is 14.3 Å². The lowest BCUT2D eigenvalue weighted by Gasteiger charge is -2.15. The number of hydrogen-bond donors (Lipinski definition) is 2. The lowest BCUT2D eigenvalue weighted by atomic mass is 10.1. The molecule has 0 aromatic carbocycles. The zero-order valence-electron chi connectivity index (χ0n) is 11.1. The molecule has 3 atom stereocenters. The van der Waals surface area contributed by atoms with Crippen LogP contribution in [0, 0.1) is 0 Å². The number of primary amides is 1. The van der Waals surface area contributed by atoms with E-state index in [0.717, 1.165) is 11.3 Å². The molecule has 3 N–H and O–H groups in total. The van der Waals surface area contributed by atoms with Gasteiger partial charge in [-0.05, 0) is 31.9 Å². The molecule has 5 nitrogen and oxygen atoms in total. The molecule has 0 spiro atoms. The number of carbonyl (C=O) groups is 2. The molecule has 2 heterocycles. The van der Waals surface area contributed by atoms with E-state index in [4.69, 9.17) is 22.1 Å². The zero-order chi connectivity index (χ0) is 14.7. The van der Waals surface area contributed by atoms with Crippen LogP contribution in [0.25, 0.3) is 0 Å². The topological polar surface area (TPSA) is 81.4 Å². The molecule has 3 unspecified atom stereocenters. The molecule has 0 bridgehead atoms. The van der Waals surface area contributed by atoms with Crippen LogP contribution in [0.3, 0.4) is 0 Å². The van der Waals surface area contributed by atoms with Gasteiger partial charge in [-0.1, -0.05) is 11.6 Å². The maximum Gasteiger partial charge on any atom is 0.246 e. The summed E-state index contributed by atoms with van der Waals surface area (Å²) in [7, 11) is 0. The van der Waals surface area contributed by atoms with Crippen LogP contribution in [0.5, 0.6) is 0 Å². The first-order chi connectivity index (χ1) is 9.47. The van der Waals surface area contributed by atoms with Gasteiger partial charge in [-0.15, -0.1) is 11.3 Å². The fraction of sp³-hybridized carbons (Fsp3) is 0.538. The molecule has 1 aliphatic heterocycles. The Balaban J connectivity index is 1.79. The Morgan fingerprint density at radius 2 is 2.30 bits per heavy atom. The van der Waals surface area contributed by atoms with Gasteiger partial charge in [0.1, 0.15) is 6.10 Å². The van der Waals surface area contributed by atoms with Crippen LogP contribution in [0.4, 0.5) is 0 Å². The summed E-state index contributed by atoms with van der Waals surface area (Å²) in [5.74, 6) is -0.768. The maximum absolute atomic E-state index is 12.0. The minimum atomic E-state index is -0.523. The van der Waals surface area contributed by atoms with Gasteiger partial charge in [-0.3, -0.25) is 9.59 Å². The second kappa shape index (κ2) is 6.56. The number of thiophene rings is 1. The Morgan fingerprint density at radius 3 is 2.85 bits per heavy atom. The van der Waals surface area contributed by atoms with E-state index in [1.165, 1.54) is 11.3 Å². The number of nitrogens with two attached hydrogens (primary N) is 1. The maximum atomic E-state index is 12.0. The summed E-state index contributed by atoms with van der Waals surface area (Å²) in [6, 6.07) is 3.63. The predicted octanol–water partition coefficient (Wildman–Crippen LogP) is 1.65. The van der Waals surface area contributed by atoms with Crippen molar-refractivity contribution in [2.75, 3.05) is 6.54 Å². The Morgan fingerprint density at radius 1 is 1.55 bits per heavy atom. The largest absolute Gasteiger partial charge is 0.367 e. The van der Waals surface area contributed by atoms with Crippen molar-refractivity contribution >= 4 is 34.8 Å². The molecule has 1 aromatic heterocycles. The van der Waals surface area contributed by atoms with Crippen molar-refractivity contribution < 1.29 is 14.3 Å². The van der Waals surface area contributed by atoms with Crippen molar-refractivity contribution in [1.82, 2.24) is 5.32 Å². The lowest BCUT2D eigenvalue weighted by molar-refractivity contribution is -0.128. The summed E-state index contributed by atoms with van der Waals surface area (Å²) >= 11 is 7.26. The summed E-state index contributed by atoms with van der Waals surface area (Å²) in [5.41, 5.74) is 5.18. The molecule has 0 saturated carbocycles. The zero-order valence-corrected chi connectivity index (χ0v) is 12.7. The molecule has 7 heteroatoms. The van der Waals surface area contributed by atoms with Crippen molar-refractivity contribution in [2.24, 2.45) is 5.73 Å². The normalized spacial score (nSPS) is 23.5. The summed E-state index contributed by atoms with van der Waals surface area (Å²) in [5, 5.41) is 2.84. The fourth-order valence-corrected chi connectivity index (χ4v) is 3.23. The van der Waals surface area contributed by atoms with Crippen LogP contribution < -0.4 is 11.1 Å². The minimum absolute atomic E-state index is 0.0744. The Bertz CT molecular complexity index is 506. The third-order valence-corrected chi connectivity index (χ3v) is 4.76. The standard InChI is InChI=1S/C13H17ClN2O3S/c1-7(10-4-5-11(14)20-10)13(18)16-6-8-2-3-9(19-8)12(15)17/h4-5,7-9H,2-3,6H2,1H3,(H2,15,17)(H,16,18). The highest BCUT2D eigenvalue weighted by molar-refractivity contribution is 7.16. The van der Waals surface area contributed by atoms with Gasteiger partial charge in [0, 0.05) is 11.4 Å². The summed E-state index contributed by atoms with van der Waals surface area (Å²) in [6.45, 7) is 2.23. The van der Waals surface area contributed by atoms with E-state index in [2.05, 4.69) is 5.32 Å². The smallest absolute Gasteiger partial charge is 0.246 e. The van der Waals surface area contributed by atoms with E-state index in [1.807, 2.05) is 13.0 Å². The first kappa shape index (κ1) is 15.3. The molecule has 2 rings (SSSR count). The van der Waals surface area contributed by atoms with Gasteiger partial charge in [-0.25, -0.2) is 0 Å². The molecule has 110 valence electrons. The monoisotopic (exact) mass is 316 g/mol. The highest BCUT2D eigenvalue weighted by Crippen LogP contribution is 2.28. The van der Waals surface area contributed by atoms with Gasteiger partial charge in [-0.2, -0.15) is 0 Å². The molecular formula is C13H17ClN2O3S. The molecule has 0 aliphatic carbocycles. The highest BCUT2D eigenvalue weighted by Gasteiger charge is 2.29. The first-order valence-electron chi connectivity index (χ1n) is 6.45. The molecule has 1 saturated heterocycles. The van der Waals surface area contributed by atoms with E-state index in [-0.39, 0.29) is 17.9 Å². The molecule has 1 aromatic rings. The molecular weight excluding hydrogens is 300 g/mol. The first-order valence-corrected chi connectivity index (χ1v) is 7.64. The molecule has 0 radical (unpaired) electrons. The van der Waals surface area contributed by atoms with Gasteiger partial charge in [0.25, 0.3) is 0 Å². The van der Waals surface area contributed by atoms with Crippen LogP contribution in [-0.4, -0.2) is 30.6 Å². The molecule has 2 amide bonds. The van der Waals surface area contributed by atoms with Crippen molar-refractivity contribution in [3.63, 3.8) is 0 Å². The highest BCUT2D eigenvalue weighted by atomic mass is 35.5. The average Bonchev–Trinajstić information content (AvgIpc) is 3.03. The Kier molecular flexibility index (Phi) is 5.01. The van der Waals surface area contributed by atoms with Crippen molar-refractivity contribution in [1.29, 1.82) is 0 Å². The van der Waals surface area contributed by atoms with Crippen molar-refractivity contribution in [2.45, 2.75) is 37.9 Å². The number of ether oxygens (including phenoxy) is 1. The third kappa shape index (κ3) is 3.71. The number of carbonyl (C=O) groups excluding carboxylic acids is 2. The SMILES string of the molecule is CC(C(=O)NCC1CCC(C(N)=O)O1)c1ccc(Cl)s1. The van der Waals surface area contributed by atoms with E-state index in [1.54, 1.807) is 6.07 Å². The summed E-state index contributed by atoms with van der Waals surface area (Å²) in [6.07, 6.45) is 0.681. The van der Waals surface area contributed by atoms with Gasteiger partial charge >= 0.3 is 0 Å².